The van der Waals surface area contributed by atoms with Crippen LogP contribution in [-0.4, -0.2) is 22.4 Å². The molecular formula is C92H72BN5. The molecule has 0 fully saturated rings. The van der Waals surface area contributed by atoms with Crippen LogP contribution in [0, 0.1) is 0 Å². The minimum Gasteiger partial charge on any atom is -0.342 e. The molecule has 468 valence electrons. The highest BCUT2D eigenvalue weighted by molar-refractivity contribution is 7.00. The zero-order valence-electron chi connectivity index (χ0n) is 55.4. The molecule has 2 aromatic heterocycles. The molecule has 2 aliphatic rings. The monoisotopic (exact) mass is 1260 g/mol. The summed E-state index contributed by atoms with van der Waals surface area (Å²) >= 11 is 0. The molecule has 0 atom stereocenters. The number of benzene rings is 14. The highest BCUT2D eigenvalue weighted by Gasteiger charge is 2.44. The molecule has 98 heavy (non-hydrogen) atoms. The molecule has 0 amide bonds. The first-order chi connectivity index (χ1) is 48.3. The van der Waals surface area contributed by atoms with Crippen molar-refractivity contribution >= 4 is 112 Å². The van der Waals surface area contributed by atoms with E-state index in [4.69, 9.17) is 0 Å². The lowest BCUT2D eigenvalue weighted by molar-refractivity contribution is 0.590. The van der Waals surface area contributed by atoms with E-state index in [0.29, 0.717) is 0 Å². The number of aryl methyl sites for hydroxylation is 2. The Labute approximate surface area is 574 Å². The van der Waals surface area contributed by atoms with Gasteiger partial charge in [-0.15, -0.1) is 0 Å². The van der Waals surface area contributed by atoms with Gasteiger partial charge in [0, 0.05) is 96.9 Å². The van der Waals surface area contributed by atoms with E-state index in [2.05, 4.69) is 378 Å². The first-order valence-corrected chi connectivity index (χ1v) is 34.6. The Morgan fingerprint density at radius 2 is 0.857 bits per heavy atom. The molecule has 0 N–H and O–H groups in total. The average molecular weight is 1260 g/mol. The van der Waals surface area contributed by atoms with Gasteiger partial charge in [-0.05, 0) is 188 Å². The van der Waals surface area contributed by atoms with Gasteiger partial charge in [-0.2, -0.15) is 0 Å². The maximum absolute atomic E-state index is 2.74. The van der Waals surface area contributed by atoms with Gasteiger partial charge in [0.2, 0.25) is 0 Å². The van der Waals surface area contributed by atoms with Crippen LogP contribution in [-0.2, 0) is 24.8 Å². The molecule has 4 heterocycles. The summed E-state index contributed by atoms with van der Waals surface area (Å²) in [5.74, 6) is 0. The molecule has 0 unspecified atom stereocenters. The van der Waals surface area contributed by atoms with Crippen molar-refractivity contribution in [3.63, 3.8) is 0 Å². The molecule has 6 heteroatoms. The van der Waals surface area contributed by atoms with Crippen LogP contribution in [0.2, 0.25) is 0 Å². The molecule has 16 aromatic rings. The van der Waals surface area contributed by atoms with Gasteiger partial charge in [-0.3, -0.25) is 0 Å². The Kier molecular flexibility index (Phi) is 14.4. The van der Waals surface area contributed by atoms with Gasteiger partial charge in [-0.1, -0.05) is 251 Å². The van der Waals surface area contributed by atoms with E-state index in [0.717, 1.165) is 65.4 Å². The first-order valence-electron chi connectivity index (χ1n) is 34.6. The largest absolute Gasteiger partial charge is 0.342 e. The van der Waals surface area contributed by atoms with Crippen molar-refractivity contribution in [3.05, 3.63) is 350 Å². The van der Waals surface area contributed by atoms with Crippen molar-refractivity contribution < 1.29 is 0 Å². The van der Waals surface area contributed by atoms with E-state index >= 15 is 0 Å². The van der Waals surface area contributed by atoms with Gasteiger partial charge in [0.05, 0.1) is 11.0 Å². The second-order valence-corrected chi connectivity index (χ2v) is 27.5. The molecule has 5 nitrogen and oxygen atoms in total. The number of fused-ring (bicyclic) bond motifs is 10. The lowest BCUT2D eigenvalue weighted by Crippen LogP contribution is -2.62. The van der Waals surface area contributed by atoms with Crippen LogP contribution in [0.25, 0.3) is 82.7 Å². The Hall–Kier alpha value is -11.9. The van der Waals surface area contributed by atoms with Crippen molar-refractivity contribution in [2.75, 3.05) is 21.2 Å². The molecular weight excluding hydrogens is 1190 g/mol. The van der Waals surface area contributed by atoms with Gasteiger partial charge in [0.1, 0.15) is 0 Å². The minimum absolute atomic E-state index is 0.0941. The number of rotatable bonds is 14. The number of anilines is 8. The maximum Gasteiger partial charge on any atom is 0.252 e. The number of hydrogen-bond donors (Lipinski definition) is 0. The minimum atomic E-state index is -0.213. The highest BCUT2D eigenvalue weighted by Crippen LogP contribution is 2.48. The normalized spacial score (nSPS) is 12.5. The number of hydrogen-bond acceptors (Lipinski definition) is 3. The summed E-state index contributed by atoms with van der Waals surface area (Å²) in [7, 11) is 0. The summed E-state index contributed by atoms with van der Waals surface area (Å²) in [5, 5.41) is 5.00. The summed E-state index contributed by atoms with van der Waals surface area (Å²) in [6.45, 7) is 8.66. The van der Waals surface area contributed by atoms with Crippen LogP contribution >= 0.6 is 0 Å². The maximum atomic E-state index is 2.74. The van der Waals surface area contributed by atoms with Gasteiger partial charge in [0.25, 0.3) is 6.71 Å². The second-order valence-electron chi connectivity index (χ2n) is 27.5. The first kappa shape index (κ1) is 58.7. The average Bonchev–Trinajstić information content (AvgIpc) is 0.769. The van der Waals surface area contributed by atoms with Crippen LogP contribution in [0.4, 0.5) is 45.5 Å². The third-order valence-corrected chi connectivity index (χ3v) is 20.7. The van der Waals surface area contributed by atoms with Gasteiger partial charge < -0.3 is 23.8 Å². The molecule has 0 spiro atoms. The predicted molar refractivity (Wildman–Crippen MR) is 417 cm³/mol. The van der Waals surface area contributed by atoms with Gasteiger partial charge >= 0.3 is 0 Å². The zero-order chi connectivity index (χ0) is 65.4. The summed E-state index contributed by atoms with van der Waals surface area (Å²) in [4.78, 5) is 7.73. The quantitative estimate of drug-likeness (QED) is 0.101. The van der Waals surface area contributed by atoms with Crippen molar-refractivity contribution in [3.8, 4) is 39.1 Å². The summed E-state index contributed by atoms with van der Waals surface area (Å²) in [6, 6.07) is 124. The third-order valence-electron chi connectivity index (χ3n) is 20.7. The Balaban J connectivity index is 0.857. The van der Waals surface area contributed by atoms with Crippen LogP contribution in [0.3, 0.4) is 0 Å². The van der Waals surface area contributed by atoms with Gasteiger partial charge in [0.15, 0.2) is 0 Å². The lowest BCUT2D eigenvalue weighted by atomic mass is 9.33. The van der Waals surface area contributed by atoms with Crippen LogP contribution in [0.15, 0.2) is 334 Å². The fourth-order valence-corrected chi connectivity index (χ4v) is 16.1. The van der Waals surface area contributed by atoms with E-state index in [1.807, 2.05) is 0 Å². The summed E-state index contributed by atoms with van der Waals surface area (Å²) in [6.07, 6.45) is 1.67. The summed E-state index contributed by atoms with van der Waals surface area (Å²) in [5.41, 5.74) is 30.4. The standard InChI is InChI=1S/C92H72BN5/c1-92(2,3)68-59-89-91-90(60-68)98(71-38-25-33-67(58-71)64-27-9-4-10-28-64)88-62-73(97-85-46-24-21-41-79(85)80-61-72(49-52-86(80)97)96(69-34-15-7-16-35-69)70-36-17-8-18-37-70)48-51-82(88)93(91)81-50-47-63(53-55-94-83-44-22-19-39-77(83)78-40-20-23-45-84(78)94)57-87(81)95(89)56-54-76-74(65-29-11-5-12-30-65)42-26-43-75(76)66-31-13-6-14-32-66/h4-52,57-62H,53-56H2,1-3H3. The smallest absolute Gasteiger partial charge is 0.252 e. The number of para-hydroxylation sites is 5. The second kappa shape index (κ2) is 24.1. The van der Waals surface area contributed by atoms with E-state index in [1.165, 1.54) is 122 Å². The topological polar surface area (TPSA) is 19.6 Å². The van der Waals surface area contributed by atoms with E-state index < -0.39 is 0 Å². The van der Waals surface area contributed by atoms with Crippen molar-refractivity contribution in [1.29, 1.82) is 0 Å². The Morgan fingerprint density at radius 1 is 0.337 bits per heavy atom. The molecule has 2 aliphatic heterocycles. The third kappa shape index (κ3) is 10.1. The van der Waals surface area contributed by atoms with Crippen molar-refractivity contribution in [2.45, 2.75) is 45.6 Å². The Morgan fingerprint density at radius 3 is 1.49 bits per heavy atom. The molecule has 0 aliphatic carbocycles. The van der Waals surface area contributed by atoms with E-state index in [1.54, 1.807) is 0 Å². The molecule has 0 saturated heterocycles. The van der Waals surface area contributed by atoms with Crippen LogP contribution in [0.5, 0.6) is 0 Å². The SMILES string of the molecule is CC(C)(C)c1cc2c3c(c1)N(c1cccc(-c4ccccc4)c1)c1cc(-n4c5ccccc5c5cc(N(c6ccccc6)c6ccccc6)ccc54)ccc1B3c1ccc(CCn3c4ccccc4c4ccccc43)cc1N2CCc1c(-c2ccccc2)cccc1-c1ccccc1. The zero-order valence-corrected chi connectivity index (χ0v) is 55.4. The number of aromatic nitrogens is 2. The summed E-state index contributed by atoms with van der Waals surface area (Å²) < 4.78 is 5.05. The van der Waals surface area contributed by atoms with Crippen molar-refractivity contribution in [2.24, 2.45) is 0 Å². The van der Waals surface area contributed by atoms with Crippen molar-refractivity contribution in [1.82, 2.24) is 9.13 Å². The molecule has 18 rings (SSSR count). The van der Waals surface area contributed by atoms with Gasteiger partial charge in [-0.25, -0.2) is 0 Å². The molecule has 0 bridgehead atoms. The van der Waals surface area contributed by atoms with Crippen LogP contribution in [0.1, 0.15) is 37.5 Å². The lowest BCUT2D eigenvalue weighted by Gasteiger charge is -2.45. The Bertz CT molecular complexity index is 5540. The fraction of sp³-hybridized carbons (Fsp3) is 0.0870. The van der Waals surface area contributed by atoms with E-state index in [-0.39, 0.29) is 12.1 Å². The van der Waals surface area contributed by atoms with E-state index in [9.17, 15) is 0 Å². The fourth-order valence-electron chi connectivity index (χ4n) is 16.1. The number of nitrogens with zero attached hydrogens (tertiary/aromatic N) is 5. The molecule has 14 aromatic carbocycles. The van der Waals surface area contributed by atoms with Crippen LogP contribution < -0.4 is 31.1 Å². The molecule has 0 saturated carbocycles. The predicted octanol–water partition coefficient (Wildman–Crippen LogP) is 21.9. The highest BCUT2D eigenvalue weighted by atomic mass is 15.2. The molecule has 0 radical (unpaired) electrons.